The zero-order valence-electron chi connectivity index (χ0n) is 10.3. The van der Waals surface area contributed by atoms with Crippen molar-refractivity contribution in [3.05, 3.63) is 17.0 Å². The van der Waals surface area contributed by atoms with Crippen LogP contribution in [0, 0.1) is 5.92 Å². The highest BCUT2D eigenvalue weighted by Gasteiger charge is 2.22. The average molecular weight is 267 g/mol. The van der Waals surface area contributed by atoms with Crippen LogP contribution in [-0.2, 0) is 0 Å². The minimum atomic E-state index is -0.515. The summed E-state index contributed by atoms with van der Waals surface area (Å²) < 4.78 is 0. The number of urea groups is 1. The standard InChI is InChI=1S/C12H17N3O2S/c1-8-3-2-5-15(7-8)12(17)14-11-9(10(13)16)4-6-18-11/h4,6,8H,2-3,5,7H2,1H3,(H2,13,16)(H,14,17). The SMILES string of the molecule is CC1CCCN(C(=O)Nc2sccc2C(N)=O)C1. The lowest BCUT2D eigenvalue weighted by Crippen LogP contribution is -2.41. The van der Waals surface area contributed by atoms with Gasteiger partial charge in [0.1, 0.15) is 5.00 Å². The van der Waals surface area contributed by atoms with Crippen molar-refractivity contribution in [2.45, 2.75) is 19.8 Å². The van der Waals surface area contributed by atoms with Crippen LogP contribution in [0.2, 0.25) is 0 Å². The van der Waals surface area contributed by atoms with Gasteiger partial charge in [-0.05, 0) is 30.2 Å². The third kappa shape index (κ3) is 2.81. The number of piperidine rings is 1. The lowest BCUT2D eigenvalue weighted by molar-refractivity contribution is 0.100. The highest BCUT2D eigenvalue weighted by molar-refractivity contribution is 7.14. The van der Waals surface area contributed by atoms with Crippen molar-refractivity contribution in [2.24, 2.45) is 11.7 Å². The van der Waals surface area contributed by atoms with Gasteiger partial charge in [0, 0.05) is 13.1 Å². The summed E-state index contributed by atoms with van der Waals surface area (Å²) in [6.45, 7) is 3.68. The molecule has 2 rings (SSSR count). The van der Waals surface area contributed by atoms with E-state index in [1.165, 1.54) is 11.3 Å². The Morgan fingerprint density at radius 3 is 3.00 bits per heavy atom. The molecule has 5 nitrogen and oxygen atoms in total. The summed E-state index contributed by atoms with van der Waals surface area (Å²) in [7, 11) is 0. The summed E-state index contributed by atoms with van der Waals surface area (Å²) in [5, 5.41) is 5.04. The maximum absolute atomic E-state index is 12.1. The number of hydrogen-bond donors (Lipinski definition) is 2. The van der Waals surface area contributed by atoms with Crippen LogP contribution in [0.3, 0.4) is 0 Å². The molecule has 1 atom stereocenters. The molecule has 1 saturated heterocycles. The van der Waals surface area contributed by atoms with Gasteiger partial charge < -0.3 is 10.6 Å². The Bertz CT molecular complexity index is 458. The number of nitrogens with zero attached hydrogens (tertiary/aromatic N) is 1. The Morgan fingerprint density at radius 2 is 2.33 bits per heavy atom. The molecule has 0 saturated carbocycles. The summed E-state index contributed by atoms with van der Waals surface area (Å²) in [5.41, 5.74) is 5.61. The van der Waals surface area contributed by atoms with Gasteiger partial charge in [-0.2, -0.15) is 0 Å². The fourth-order valence-corrected chi connectivity index (χ4v) is 2.93. The first-order valence-corrected chi connectivity index (χ1v) is 6.89. The predicted octanol–water partition coefficient (Wildman–Crippen LogP) is 2.11. The summed E-state index contributed by atoms with van der Waals surface area (Å²) in [6, 6.07) is 1.48. The molecule has 0 bridgehead atoms. The Labute approximate surface area is 110 Å². The molecular weight excluding hydrogens is 250 g/mol. The Balaban J connectivity index is 2.02. The van der Waals surface area contributed by atoms with Crippen molar-refractivity contribution in [3.63, 3.8) is 0 Å². The van der Waals surface area contributed by atoms with Crippen molar-refractivity contribution >= 4 is 28.3 Å². The number of nitrogens with two attached hydrogens (primary N) is 1. The molecule has 18 heavy (non-hydrogen) atoms. The molecule has 6 heteroatoms. The number of likely N-dealkylation sites (tertiary alicyclic amines) is 1. The summed E-state index contributed by atoms with van der Waals surface area (Å²) >= 11 is 1.31. The first-order valence-electron chi connectivity index (χ1n) is 6.01. The molecule has 1 aliphatic heterocycles. The minimum absolute atomic E-state index is 0.147. The second-order valence-corrected chi connectivity index (χ2v) is 5.57. The van der Waals surface area contributed by atoms with E-state index in [0.717, 1.165) is 25.9 Å². The first kappa shape index (κ1) is 12.9. The normalized spacial score (nSPS) is 19.6. The van der Waals surface area contributed by atoms with Gasteiger partial charge in [0.2, 0.25) is 0 Å². The molecule has 3 amide bonds. The van der Waals surface area contributed by atoms with Gasteiger partial charge in [-0.15, -0.1) is 11.3 Å². The molecule has 0 aromatic carbocycles. The third-order valence-electron chi connectivity index (χ3n) is 3.10. The minimum Gasteiger partial charge on any atom is -0.366 e. The van der Waals surface area contributed by atoms with Crippen molar-refractivity contribution in [1.82, 2.24) is 4.90 Å². The molecule has 0 spiro atoms. The summed E-state index contributed by atoms with van der Waals surface area (Å²) in [5.74, 6) is 0.0157. The van der Waals surface area contributed by atoms with E-state index >= 15 is 0 Å². The number of hydrogen-bond acceptors (Lipinski definition) is 3. The van der Waals surface area contributed by atoms with Gasteiger partial charge in [0.05, 0.1) is 5.56 Å². The zero-order valence-corrected chi connectivity index (χ0v) is 11.1. The number of nitrogens with one attached hydrogen (secondary N) is 1. The molecule has 1 unspecified atom stereocenters. The molecule has 1 aromatic rings. The van der Waals surface area contributed by atoms with Crippen molar-refractivity contribution in [1.29, 1.82) is 0 Å². The first-order chi connectivity index (χ1) is 8.58. The van der Waals surface area contributed by atoms with Crippen LogP contribution in [-0.4, -0.2) is 29.9 Å². The van der Waals surface area contributed by atoms with Crippen LogP contribution in [0.1, 0.15) is 30.1 Å². The van der Waals surface area contributed by atoms with Crippen LogP contribution in [0.5, 0.6) is 0 Å². The molecule has 1 aromatic heterocycles. The van der Waals surface area contributed by atoms with E-state index in [9.17, 15) is 9.59 Å². The molecule has 98 valence electrons. The number of rotatable bonds is 2. The van der Waals surface area contributed by atoms with Crippen molar-refractivity contribution in [3.8, 4) is 0 Å². The number of primary amides is 1. The fourth-order valence-electron chi connectivity index (χ4n) is 2.15. The van der Waals surface area contributed by atoms with Crippen molar-refractivity contribution in [2.75, 3.05) is 18.4 Å². The van der Waals surface area contributed by atoms with Gasteiger partial charge >= 0.3 is 6.03 Å². The van der Waals surface area contributed by atoms with E-state index < -0.39 is 5.91 Å². The van der Waals surface area contributed by atoms with Gasteiger partial charge in [0.25, 0.3) is 5.91 Å². The van der Waals surface area contributed by atoms with Gasteiger partial charge in [-0.3, -0.25) is 10.1 Å². The quantitative estimate of drug-likeness (QED) is 0.861. The Kier molecular flexibility index (Phi) is 3.86. The molecule has 0 radical (unpaired) electrons. The molecular formula is C12H17N3O2S. The zero-order chi connectivity index (χ0) is 13.1. The lowest BCUT2D eigenvalue weighted by atomic mass is 10.0. The highest BCUT2D eigenvalue weighted by Crippen LogP contribution is 2.24. The summed E-state index contributed by atoms with van der Waals surface area (Å²) in [4.78, 5) is 25.0. The van der Waals surface area contributed by atoms with Crippen LogP contribution in [0.15, 0.2) is 11.4 Å². The molecule has 2 heterocycles. The van der Waals surface area contributed by atoms with Gasteiger partial charge in [0.15, 0.2) is 0 Å². The second-order valence-electron chi connectivity index (χ2n) is 4.65. The number of carbonyl (C=O) groups is 2. The largest absolute Gasteiger partial charge is 0.366 e. The number of carbonyl (C=O) groups excluding carboxylic acids is 2. The highest BCUT2D eigenvalue weighted by atomic mass is 32.1. The van der Waals surface area contributed by atoms with Gasteiger partial charge in [-0.1, -0.05) is 6.92 Å². The third-order valence-corrected chi connectivity index (χ3v) is 3.93. The topological polar surface area (TPSA) is 75.4 Å². The Hall–Kier alpha value is -1.56. The maximum Gasteiger partial charge on any atom is 0.322 e. The van der Waals surface area contributed by atoms with E-state index in [0.29, 0.717) is 16.5 Å². The lowest BCUT2D eigenvalue weighted by Gasteiger charge is -2.30. The predicted molar refractivity (Wildman–Crippen MR) is 71.8 cm³/mol. The maximum atomic E-state index is 12.1. The smallest absolute Gasteiger partial charge is 0.322 e. The van der Waals surface area contributed by atoms with Crippen LogP contribution >= 0.6 is 11.3 Å². The van der Waals surface area contributed by atoms with Crippen LogP contribution in [0.4, 0.5) is 9.80 Å². The molecule has 1 aliphatic rings. The van der Waals surface area contributed by atoms with E-state index in [4.69, 9.17) is 5.73 Å². The van der Waals surface area contributed by atoms with Gasteiger partial charge in [-0.25, -0.2) is 4.79 Å². The molecule has 3 N–H and O–H groups in total. The van der Waals surface area contributed by atoms with E-state index in [1.54, 1.807) is 16.3 Å². The number of thiophene rings is 1. The van der Waals surface area contributed by atoms with E-state index in [1.807, 2.05) is 0 Å². The summed E-state index contributed by atoms with van der Waals surface area (Å²) in [6.07, 6.45) is 2.19. The monoisotopic (exact) mass is 267 g/mol. The Morgan fingerprint density at radius 1 is 1.56 bits per heavy atom. The van der Waals surface area contributed by atoms with Crippen LogP contribution < -0.4 is 11.1 Å². The van der Waals surface area contributed by atoms with Crippen LogP contribution in [0.25, 0.3) is 0 Å². The average Bonchev–Trinajstić information content (AvgIpc) is 2.77. The molecule has 1 fully saturated rings. The number of anilines is 1. The van der Waals surface area contributed by atoms with Crippen molar-refractivity contribution < 1.29 is 9.59 Å². The fraction of sp³-hybridized carbons (Fsp3) is 0.500. The second kappa shape index (κ2) is 5.39. The molecule has 0 aliphatic carbocycles. The van der Waals surface area contributed by atoms with E-state index in [-0.39, 0.29) is 6.03 Å². The number of amides is 3. The van der Waals surface area contributed by atoms with E-state index in [2.05, 4.69) is 12.2 Å².